The summed E-state index contributed by atoms with van der Waals surface area (Å²) in [6, 6.07) is 0. The Hall–Kier alpha value is 0.280. The number of rotatable bonds is 3. The minimum absolute atomic E-state index is 0.882. The number of halogens is 2. The van der Waals surface area contributed by atoms with E-state index in [0.717, 1.165) is 7.42 Å². The molecule has 0 atom stereocenters. The van der Waals surface area contributed by atoms with Crippen LogP contribution >= 0.6 is 45.2 Å². The lowest BCUT2D eigenvalue weighted by Gasteiger charge is -1.87. The standard InChI is InChI=1S/C7H8I2N2/c1-3-10-6(8)5-7(9)11-4-2/h3-5H,1H2,2H3/b7-5-,10-6?,11-4?. The second-order valence-corrected chi connectivity index (χ2v) is 3.70. The third-order valence-electron chi connectivity index (χ3n) is 0.705. The van der Waals surface area contributed by atoms with Crippen molar-refractivity contribution in [3.8, 4) is 0 Å². The van der Waals surface area contributed by atoms with Crippen LogP contribution in [-0.4, -0.2) is 9.93 Å². The SMILES string of the molecule is C=CN=C(I)/C=C(/I)N=CC. The molecule has 0 fully saturated rings. The highest BCUT2D eigenvalue weighted by Crippen LogP contribution is 2.09. The van der Waals surface area contributed by atoms with Crippen LogP contribution < -0.4 is 0 Å². The van der Waals surface area contributed by atoms with Crippen molar-refractivity contribution in [3.63, 3.8) is 0 Å². The van der Waals surface area contributed by atoms with Gasteiger partial charge in [-0.2, -0.15) is 0 Å². The van der Waals surface area contributed by atoms with E-state index in [1.54, 1.807) is 6.21 Å². The minimum Gasteiger partial charge on any atom is -0.255 e. The van der Waals surface area contributed by atoms with Crippen LogP contribution in [0.25, 0.3) is 0 Å². The molecule has 2 nitrogen and oxygen atoms in total. The van der Waals surface area contributed by atoms with Crippen molar-refractivity contribution in [1.82, 2.24) is 0 Å². The zero-order chi connectivity index (χ0) is 8.69. The van der Waals surface area contributed by atoms with E-state index in [1.165, 1.54) is 6.20 Å². The fourth-order valence-corrected chi connectivity index (χ4v) is 2.04. The number of hydrogen-bond acceptors (Lipinski definition) is 2. The molecule has 0 aliphatic heterocycles. The molecule has 0 unspecified atom stereocenters. The summed E-state index contributed by atoms with van der Waals surface area (Å²) in [5, 5.41) is 0. The maximum Gasteiger partial charge on any atom is 0.103 e. The van der Waals surface area contributed by atoms with Crippen LogP contribution in [0.15, 0.2) is 32.5 Å². The second kappa shape index (κ2) is 6.96. The Balaban J connectivity index is 4.29. The van der Waals surface area contributed by atoms with E-state index in [9.17, 15) is 0 Å². The van der Waals surface area contributed by atoms with Gasteiger partial charge in [-0.25, -0.2) is 0 Å². The Bertz CT molecular complexity index is 216. The Morgan fingerprint density at radius 3 is 2.55 bits per heavy atom. The normalized spacial score (nSPS) is 14.1. The van der Waals surface area contributed by atoms with Crippen molar-refractivity contribution < 1.29 is 0 Å². The van der Waals surface area contributed by atoms with Crippen LogP contribution in [0.3, 0.4) is 0 Å². The van der Waals surface area contributed by atoms with Gasteiger partial charge in [-0.3, -0.25) is 9.98 Å². The molecular formula is C7H8I2N2. The second-order valence-electron chi connectivity index (χ2n) is 1.49. The maximum atomic E-state index is 4.05. The van der Waals surface area contributed by atoms with Gasteiger partial charge in [0.1, 0.15) is 7.42 Å². The average molecular weight is 374 g/mol. The van der Waals surface area contributed by atoms with Crippen molar-refractivity contribution in [3.05, 3.63) is 22.6 Å². The van der Waals surface area contributed by atoms with E-state index < -0.39 is 0 Å². The quantitative estimate of drug-likeness (QED) is 0.412. The molecule has 0 aromatic carbocycles. The summed E-state index contributed by atoms with van der Waals surface area (Å²) in [6.45, 7) is 5.37. The molecule has 0 saturated carbocycles. The molecule has 0 aromatic heterocycles. The van der Waals surface area contributed by atoms with Gasteiger partial charge < -0.3 is 0 Å². The highest BCUT2D eigenvalue weighted by atomic mass is 127. The minimum atomic E-state index is 0.882. The Morgan fingerprint density at radius 1 is 1.45 bits per heavy atom. The van der Waals surface area contributed by atoms with Crippen LogP contribution in [0.1, 0.15) is 6.92 Å². The molecule has 4 heteroatoms. The van der Waals surface area contributed by atoms with Crippen LogP contribution in [0.5, 0.6) is 0 Å². The summed E-state index contributed by atoms with van der Waals surface area (Å²) in [7, 11) is 0. The molecule has 0 heterocycles. The molecule has 0 aliphatic carbocycles. The fourth-order valence-electron chi connectivity index (χ4n) is 0.383. The molecule has 0 N–H and O–H groups in total. The van der Waals surface area contributed by atoms with Crippen molar-refractivity contribution in [2.45, 2.75) is 6.92 Å². The van der Waals surface area contributed by atoms with Gasteiger partial charge in [0, 0.05) is 18.5 Å². The Labute approximate surface area is 93.9 Å². The summed E-state index contributed by atoms with van der Waals surface area (Å²) >= 11 is 4.26. The Morgan fingerprint density at radius 2 is 2.09 bits per heavy atom. The molecular weight excluding hydrogens is 366 g/mol. The van der Waals surface area contributed by atoms with Gasteiger partial charge in [0.2, 0.25) is 0 Å². The zero-order valence-corrected chi connectivity index (χ0v) is 10.4. The zero-order valence-electron chi connectivity index (χ0n) is 6.09. The van der Waals surface area contributed by atoms with Crippen molar-refractivity contribution in [2.75, 3.05) is 0 Å². The van der Waals surface area contributed by atoms with Gasteiger partial charge in [-0.15, -0.1) is 0 Å². The van der Waals surface area contributed by atoms with Gasteiger partial charge in [0.25, 0.3) is 0 Å². The molecule has 0 aromatic rings. The summed E-state index contributed by atoms with van der Waals surface area (Å²) in [5.74, 6) is 0. The van der Waals surface area contributed by atoms with E-state index in [-0.39, 0.29) is 0 Å². The summed E-state index contributed by atoms with van der Waals surface area (Å²) in [5.41, 5.74) is 0. The molecule has 0 bridgehead atoms. The smallest absolute Gasteiger partial charge is 0.103 e. The average Bonchev–Trinajstić information content (AvgIpc) is 1.87. The molecule has 0 saturated heterocycles. The predicted molar refractivity (Wildman–Crippen MR) is 67.9 cm³/mol. The third kappa shape index (κ3) is 6.67. The largest absolute Gasteiger partial charge is 0.255 e. The van der Waals surface area contributed by atoms with Gasteiger partial charge in [0.15, 0.2) is 0 Å². The summed E-state index contributed by atoms with van der Waals surface area (Å²) < 4.78 is 1.80. The van der Waals surface area contributed by atoms with Gasteiger partial charge in [-0.05, 0) is 52.1 Å². The van der Waals surface area contributed by atoms with E-state index in [4.69, 9.17) is 0 Å². The van der Waals surface area contributed by atoms with Gasteiger partial charge >= 0.3 is 0 Å². The van der Waals surface area contributed by atoms with Gasteiger partial charge in [0.05, 0.1) is 0 Å². The Kier molecular flexibility index (Phi) is 7.13. The van der Waals surface area contributed by atoms with E-state index >= 15 is 0 Å². The van der Waals surface area contributed by atoms with Crippen LogP contribution in [-0.2, 0) is 0 Å². The van der Waals surface area contributed by atoms with E-state index in [1.807, 2.05) is 13.0 Å². The lowest BCUT2D eigenvalue weighted by atomic mass is 10.6. The maximum absolute atomic E-state index is 4.05. The topological polar surface area (TPSA) is 24.7 Å². The lowest BCUT2D eigenvalue weighted by Crippen LogP contribution is -1.77. The predicted octanol–water partition coefficient (Wildman–Crippen LogP) is 3.33. The van der Waals surface area contributed by atoms with Crippen LogP contribution in [0, 0.1) is 0 Å². The first kappa shape index (κ1) is 11.3. The first-order valence-electron chi connectivity index (χ1n) is 2.90. The molecule has 0 amide bonds. The van der Waals surface area contributed by atoms with Crippen LogP contribution in [0.4, 0.5) is 0 Å². The highest BCUT2D eigenvalue weighted by molar-refractivity contribution is 14.1. The first-order valence-corrected chi connectivity index (χ1v) is 5.06. The summed E-state index contributed by atoms with van der Waals surface area (Å²) in [6.07, 6.45) is 5.14. The van der Waals surface area contributed by atoms with Crippen molar-refractivity contribution >= 4 is 55.1 Å². The summed E-state index contributed by atoms with van der Waals surface area (Å²) in [4.78, 5) is 8.01. The number of aliphatic imine (C=N–C) groups is 2. The van der Waals surface area contributed by atoms with E-state index in [0.29, 0.717) is 0 Å². The molecule has 0 aliphatic rings. The third-order valence-corrected chi connectivity index (χ3v) is 1.89. The highest BCUT2D eigenvalue weighted by Gasteiger charge is 1.87. The molecule has 11 heavy (non-hydrogen) atoms. The fraction of sp³-hybridized carbons (Fsp3) is 0.143. The van der Waals surface area contributed by atoms with E-state index in [2.05, 4.69) is 61.7 Å². The van der Waals surface area contributed by atoms with Crippen molar-refractivity contribution in [2.24, 2.45) is 9.98 Å². The lowest BCUT2D eigenvalue weighted by molar-refractivity contribution is 1.56. The number of allylic oxidation sites excluding steroid dienone is 1. The number of hydrogen-bond donors (Lipinski definition) is 0. The number of nitrogens with zero attached hydrogens (tertiary/aromatic N) is 2. The van der Waals surface area contributed by atoms with Crippen LogP contribution in [0.2, 0.25) is 0 Å². The monoisotopic (exact) mass is 374 g/mol. The molecule has 0 rings (SSSR count). The van der Waals surface area contributed by atoms with Crippen molar-refractivity contribution in [1.29, 1.82) is 0 Å². The molecule has 0 spiro atoms. The first-order chi connectivity index (χ1) is 5.20. The molecule has 0 radical (unpaired) electrons. The van der Waals surface area contributed by atoms with Gasteiger partial charge in [-0.1, -0.05) is 6.58 Å². The molecule has 60 valence electrons.